The number of aromatic hydroxyl groups is 1. The van der Waals surface area contributed by atoms with E-state index in [1.165, 1.54) is 7.11 Å². The Hall–Kier alpha value is -2.01. The van der Waals surface area contributed by atoms with Crippen LogP contribution in [0.25, 0.3) is 0 Å². The molecule has 0 saturated carbocycles. The van der Waals surface area contributed by atoms with Crippen molar-refractivity contribution < 1.29 is 14.6 Å². The molecule has 0 aliphatic heterocycles. The first-order chi connectivity index (χ1) is 8.42. The predicted molar refractivity (Wildman–Crippen MR) is 71.4 cm³/mol. The van der Waals surface area contributed by atoms with Gasteiger partial charge in [0.15, 0.2) is 11.5 Å². The molecule has 0 fully saturated rings. The number of carbonyl (C=O) groups is 1. The van der Waals surface area contributed by atoms with Gasteiger partial charge in [0.2, 0.25) is 5.91 Å². The minimum atomic E-state index is -0.435. The smallest absolute Gasteiger partial charge is 0.243 e. The van der Waals surface area contributed by atoms with Crippen molar-refractivity contribution in [1.82, 2.24) is 0 Å². The molecule has 1 aromatic carbocycles. The van der Waals surface area contributed by atoms with Crippen LogP contribution in [0.15, 0.2) is 30.4 Å². The number of rotatable bonds is 4. The third kappa shape index (κ3) is 5.91. The van der Waals surface area contributed by atoms with Crippen molar-refractivity contribution >= 4 is 5.91 Å². The molecule has 5 heteroatoms. The van der Waals surface area contributed by atoms with E-state index in [2.05, 4.69) is 6.58 Å². The molecule has 0 heterocycles. The van der Waals surface area contributed by atoms with Gasteiger partial charge in [-0.2, -0.15) is 0 Å². The molecule has 1 aromatic rings. The Bertz CT molecular complexity index is 405. The molecule has 0 spiro atoms. The molecule has 0 saturated heterocycles. The lowest BCUT2D eigenvalue weighted by atomic mass is 10.1. The van der Waals surface area contributed by atoms with Crippen molar-refractivity contribution in [2.45, 2.75) is 13.3 Å². The van der Waals surface area contributed by atoms with E-state index in [-0.39, 0.29) is 5.75 Å². The number of nitrogens with two attached hydrogens (primary N) is 2. The summed E-state index contributed by atoms with van der Waals surface area (Å²) in [5.41, 5.74) is 11.6. The molecule has 1 amide bonds. The van der Waals surface area contributed by atoms with Crippen LogP contribution in [-0.4, -0.2) is 24.7 Å². The van der Waals surface area contributed by atoms with Crippen LogP contribution in [-0.2, 0) is 11.2 Å². The molecule has 5 N–H and O–H groups in total. The molecule has 0 aliphatic carbocycles. The molecule has 0 radical (unpaired) electrons. The Labute approximate surface area is 107 Å². The average Bonchev–Trinajstić information content (AvgIpc) is 2.32. The fourth-order valence-electron chi connectivity index (χ4n) is 1.04. The Balaban J connectivity index is 0.000000411. The zero-order valence-electron chi connectivity index (χ0n) is 10.8. The van der Waals surface area contributed by atoms with Crippen molar-refractivity contribution in [2.75, 3.05) is 13.7 Å². The number of benzene rings is 1. The summed E-state index contributed by atoms with van der Waals surface area (Å²) in [6.07, 6.45) is 0.802. The Morgan fingerprint density at radius 1 is 1.50 bits per heavy atom. The molecule has 0 aliphatic rings. The second kappa shape index (κ2) is 8.14. The minimum Gasteiger partial charge on any atom is -0.504 e. The van der Waals surface area contributed by atoms with Crippen LogP contribution < -0.4 is 16.2 Å². The second-order valence-electron chi connectivity index (χ2n) is 3.69. The Morgan fingerprint density at radius 3 is 2.44 bits per heavy atom. The number of primary amides is 1. The molecule has 0 aromatic heterocycles. The van der Waals surface area contributed by atoms with Crippen LogP contribution in [0.3, 0.4) is 0 Å². The molecule has 0 unspecified atom stereocenters. The molecular weight excluding hydrogens is 232 g/mol. The van der Waals surface area contributed by atoms with Gasteiger partial charge in [-0.1, -0.05) is 12.6 Å². The van der Waals surface area contributed by atoms with Gasteiger partial charge in [0.25, 0.3) is 0 Å². The molecule has 0 bridgehead atoms. The maximum absolute atomic E-state index is 9.82. The molecule has 5 nitrogen and oxygen atoms in total. The first-order valence-electron chi connectivity index (χ1n) is 5.43. The third-order valence-electron chi connectivity index (χ3n) is 2.10. The number of hydrogen-bond acceptors (Lipinski definition) is 4. The second-order valence-corrected chi connectivity index (χ2v) is 3.69. The van der Waals surface area contributed by atoms with E-state index >= 15 is 0 Å². The van der Waals surface area contributed by atoms with Gasteiger partial charge in [0.05, 0.1) is 7.11 Å². The number of carbonyl (C=O) groups excluding carboxylic acids is 1. The third-order valence-corrected chi connectivity index (χ3v) is 2.10. The van der Waals surface area contributed by atoms with Gasteiger partial charge in [-0.25, -0.2) is 0 Å². The van der Waals surface area contributed by atoms with Crippen LogP contribution in [0.4, 0.5) is 0 Å². The van der Waals surface area contributed by atoms with E-state index in [1.54, 1.807) is 19.1 Å². The van der Waals surface area contributed by atoms with Crippen LogP contribution in [0, 0.1) is 0 Å². The lowest BCUT2D eigenvalue weighted by Crippen LogP contribution is -2.10. The van der Waals surface area contributed by atoms with E-state index in [9.17, 15) is 9.90 Å². The number of phenolic OH excluding ortho intramolecular Hbond substituents is 1. The minimum absolute atomic E-state index is 0.165. The quantitative estimate of drug-likeness (QED) is 0.695. The maximum Gasteiger partial charge on any atom is 0.243 e. The molecule has 18 heavy (non-hydrogen) atoms. The maximum atomic E-state index is 9.82. The van der Waals surface area contributed by atoms with Gasteiger partial charge < -0.3 is 21.3 Å². The van der Waals surface area contributed by atoms with E-state index in [0.29, 0.717) is 17.9 Å². The molecule has 100 valence electrons. The number of hydrogen-bond donors (Lipinski definition) is 3. The van der Waals surface area contributed by atoms with Crippen LogP contribution >= 0.6 is 0 Å². The standard InChI is InChI=1S/C9H13NO2.C4H7NO/c1-12-9-6-7(4-5-10)2-3-8(9)11;1-3(2)4(5)6/h2-3,6,11H,4-5,10H2,1H3;1H2,2H3,(H2,5,6). The normalized spacial score (nSPS) is 9.06. The van der Waals surface area contributed by atoms with Crippen LogP contribution in [0.1, 0.15) is 12.5 Å². The highest BCUT2D eigenvalue weighted by Gasteiger charge is 2.00. The molecule has 1 rings (SSSR count). The van der Waals surface area contributed by atoms with Gasteiger partial charge in [-0.15, -0.1) is 0 Å². The van der Waals surface area contributed by atoms with Crippen molar-refractivity contribution in [3.05, 3.63) is 35.9 Å². The molecule has 0 atom stereocenters. The number of methoxy groups -OCH3 is 1. The van der Waals surface area contributed by atoms with E-state index in [1.807, 2.05) is 6.07 Å². The van der Waals surface area contributed by atoms with Gasteiger partial charge >= 0.3 is 0 Å². The van der Waals surface area contributed by atoms with E-state index in [0.717, 1.165) is 12.0 Å². The highest BCUT2D eigenvalue weighted by molar-refractivity contribution is 5.90. The molecular formula is C13H20N2O3. The van der Waals surface area contributed by atoms with Crippen molar-refractivity contribution in [1.29, 1.82) is 0 Å². The van der Waals surface area contributed by atoms with Crippen molar-refractivity contribution in [2.24, 2.45) is 11.5 Å². The monoisotopic (exact) mass is 252 g/mol. The van der Waals surface area contributed by atoms with Crippen LogP contribution in [0.2, 0.25) is 0 Å². The largest absolute Gasteiger partial charge is 0.504 e. The summed E-state index contributed by atoms with van der Waals surface area (Å²) in [5.74, 6) is 0.231. The van der Waals surface area contributed by atoms with Gasteiger partial charge in [0.1, 0.15) is 0 Å². The summed E-state index contributed by atoms with van der Waals surface area (Å²) < 4.78 is 4.94. The summed E-state index contributed by atoms with van der Waals surface area (Å²) >= 11 is 0. The van der Waals surface area contributed by atoms with Gasteiger partial charge in [0, 0.05) is 5.57 Å². The zero-order valence-corrected chi connectivity index (χ0v) is 10.8. The summed E-state index contributed by atoms with van der Waals surface area (Å²) in [4.78, 5) is 9.82. The summed E-state index contributed by atoms with van der Waals surface area (Å²) in [6, 6.07) is 5.25. The fourth-order valence-corrected chi connectivity index (χ4v) is 1.04. The summed E-state index contributed by atoms with van der Waals surface area (Å²) in [7, 11) is 1.53. The van der Waals surface area contributed by atoms with Crippen molar-refractivity contribution in [3.8, 4) is 11.5 Å². The lowest BCUT2D eigenvalue weighted by Gasteiger charge is -2.05. The summed E-state index contributed by atoms with van der Waals surface area (Å²) in [6.45, 7) is 5.46. The predicted octanol–water partition coefficient (Wildman–Crippen LogP) is 0.950. The summed E-state index contributed by atoms with van der Waals surface area (Å²) in [5, 5.41) is 9.25. The van der Waals surface area contributed by atoms with Crippen molar-refractivity contribution in [3.63, 3.8) is 0 Å². The number of ether oxygens (including phenoxy) is 1. The SMILES string of the molecule is C=C(C)C(N)=O.COc1cc(CCN)ccc1O. The van der Waals surface area contributed by atoms with Crippen LogP contribution in [0.5, 0.6) is 11.5 Å². The number of amides is 1. The van der Waals surface area contributed by atoms with Gasteiger partial charge in [-0.05, 0) is 37.6 Å². The zero-order chi connectivity index (χ0) is 14.1. The Morgan fingerprint density at radius 2 is 2.06 bits per heavy atom. The van der Waals surface area contributed by atoms with E-state index < -0.39 is 5.91 Å². The first kappa shape index (κ1) is 16.0. The Kier molecular flexibility index (Phi) is 7.23. The highest BCUT2D eigenvalue weighted by Crippen LogP contribution is 2.26. The van der Waals surface area contributed by atoms with Gasteiger partial charge in [-0.3, -0.25) is 4.79 Å². The average molecular weight is 252 g/mol. The fraction of sp³-hybridized carbons (Fsp3) is 0.308. The topological polar surface area (TPSA) is 98.6 Å². The first-order valence-corrected chi connectivity index (χ1v) is 5.43. The lowest BCUT2D eigenvalue weighted by molar-refractivity contribution is -0.114. The highest BCUT2D eigenvalue weighted by atomic mass is 16.5. The number of phenols is 1. The van der Waals surface area contributed by atoms with E-state index in [4.69, 9.17) is 16.2 Å².